The summed E-state index contributed by atoms with van der Waals surface area (Å²) in [5, 5.41) is 6.68. The van der Waals surface area contributed by atoms with Crippen LogP contribution >= 0.6 is 0 Å². The number of aromatic nitrogens is 2. The molecule has 0 aromatic carbocycles. The zero-order valence-corrected chi connectivity index (χ0v) is 10.6. The first-order valence-corrected chi connectivity index (χ1v) is 5.61. The monoisotopic (exact) mass is 266 g/mol. The van der Waals surface area contributed by atoms with E-state index in [1.807, 2.05) is 0 Å². The first-order valence-electron chi connectivity index (χ1n) is 5.61. The molecule has 19 heavy (non-hydrogen) atoms. The Labute approximate surface area is 108 Å². The number of fused-ring (bicyclic) bond motifs is 1. The smallest absolute Gasteiger partial charge is 0.374 e. The van der Waals surface area contributed by atoms with Gasteiger partial charge in [0.05, 0.1) is 7.11 Å². The summed E-state index contributed by atoms with van der Waals surface area (Å²) < 4.78 is 11.4. The van der Waals surface area contributed by atoms with Crippen molar-refractivity contribution < 1.29 is 18.7 Å². The molecule has 8 nitrogen and oxygen atoms in total. The minimum atomic E-state index is -0.588. The summed E-state index contributed by atoms with van der Waals surface area (Å²) in [6.45, 7) is 0.243. The molecule has 0 spiro atoms. The Morgan fingerprint density at radius 1 is 1.58 bits per heavy atom. The van der Waals surface area contributed by atoms with Gasteiger partial charge in [-0.1, -0.05) is 0 Å². The number of carbonyl (C=O) groups is 2. The molecular weight excluding hydrogens is 252 g/mol. The van der Waals surface area contributed by atoms with E-state index >= 15 is 0 Å². The third-order valence-electron chi connectivity index (χ3n) is 2.54. The minimum Gasteiger partial charge on any atom is -0.463 e. The fourth-order valence-electron chi connectivity index (χ4n) is 1.65. The van der Waals surface area contributed by atoms with Gasteiger partial charge < -0.3 is 20.2 Å². The molecule has 0 aliphatic rings. The second-order valence-corrected chi connectivity index (χ2v) is 3.88. The number of nitrogens with two attached hydrogens (primary N) is 1. The predicted molar refractivity (Wildman–Crippen MR) is 66.6 cm³/mol. The molecule has 0 aliphatic carbocycles. The third kappa shape index (κ3) is 2.43. The Balaban J connectivity index is 2.37. The second kappa shape index (κ2) is 5.11. The van der Waals surface area contributed by atoms with E-state index in [9.17, 15) is 9.59 Å². The molecule has 2 heterocycles. The van der Waals surface area contributed by atoms with E-state index in [0.29, 0.717) is 11.1 Å². The summed E-state index contributed by atoms with van der Waals surface area (Å²) in [6, 6.07) is 1.51. The number of esters is 1. The lowest BCUT2D eigenvalue weighted by Crippen LogP contribution is -2.16. The number of hydrogen-bond acceptors (Lipinski definition) is 6. The van der Waals surface area contributed by atoms with Gasteiger partial charge >= 0.3 is 5.97 Å². The summed E-state index contributed by atoms with van der Waals surface area (Å²) in [5.41, 5.74) is 6.21. The number of furan rings is 1. The molecule has 3 N–H and O–H groups in total. The van der Waals surface area contributed by atoms with Crippen molar-refractivity contribution in [3.63, 3.8) is 0 Å². The number of aryl methyl sites for hydroxylation is 1. The van der Waals surface area contributed by atoms with Gasteiger partial charge in [-0.3, -0.25) is 9.48 Å². The Bertz CT molecular complexity index is 628. The van der Waals surface area contributed by atoms with Crippen LogP contribution in [0.2, 0.25) is 0 Å². The van der Waals surface area contributed by atoms with Crippen LogP contribution in [-0.4, -0.2) is 35.3 Å². The lowest BCUT2D eigenvalue weighted by molar-refractivity contribution is -0.116. The van der Waals surface area contributed by atoms with Gasteiger partial charge in [0.25, 0.3) is 0 Å². The average Bonchev–Trinajstić information content (AvgIpc) is 2.91. The van der Waals surface area contributed by atoms with E-state index < -0.39 is 5.97 Å². The number of nitrogens with one attached hydrogen (secondary N) is 1. The third-order valence-corrected chi connectivity index (χ3v) is 2.54. The topological polar surface area (TPSA) is 112 Å². The lowest BCUT2D eigenvalue weighted by Gasteiger charge is -1.99. The van der Waals surface area contributed by atoms with Crippen molar-refractivity contribution >= 4 is 28.8 Å². The van der Waals surface area contributed by atoms with Crippen LogP contribution in [0, 0.1) is 0 Å². The molecule has 1 amide bonds. The van der Waals surface area contributed by atoms with Crippen molar-refractivity contribution in [2.24, 2.45) is 12.8 Å². The fourth-order valence-corrected chi connectivity index (χ4v) is 1.65. The van der Waals surface area contributed by atoms with Gasteiger partial charge in [-0.25, -0.2) is 4.79 Å². The number of anilines is 1. The maximum Gasteiger partial charge on any atom is 0.374 e. The lowest BCUT2D eigenvalue weighted by atomic mass is 10.4. The highest BCUT2D eigenvalue weighted by atomic mass is 16.5. The van der Waals surface area contributed by atoms with Crippen LogP contribution in [0.1, 0.15) is 17.0 Å². The molecular formula is C11H14N4O4. The Kier molecular flexibility index (Phi) is 3.52. The normalized spacial score (nSPS) is 10.7. The zero-order chi connectivity index (χ0) is 14.0. The van der Waals surface area contributed by atoms with Crippen LogP contribution in [0.5, 0.6) is 0 Å². The number of rotatable bonds is 4. The molecule has 102 valence electrons. The summed E-state index contributed by atoms with van der Waals surface area (Å²) in [6.07, 6.45) is 0.183. The van der Waals surface area contributed by atoms with Gasteiger partial charge in [-0.2, -0.15) is 5.10 Å². The molecule has 0 saturated carbocycles. The molecule has 0 unspecified atom stereocenters. The number of hydrogen-bond donors (Lipinski definition) is 2. The highest BCUT2D eigenvalue weighted by Gasteiger charge is 2.20. The number of methoxy groups -OCH3 is 1. The molecule has 2 aromatic rings. The van der Waals surface area contributed by atoms with Crippen LogP contribution in [0.3, 0.4) is 0 Å². The molecule has 0 bridgehead atoms. The average molecular weight is 266 g/mol. The summed E-state index contributed by atoms with van der Waals surface area (Å²) in [4.78, 5) is 22.9. The summed E-state index contributed by atoms with van der Waals surface area (Å²) in [7, 11) is 2.94. The van der Waals surface area contributed by atoms with Crippen molar-refractivity contribution in [3.8, 4) is 0 Å². The Morgan fingerprint density at radius 3 is 2.95 bits per heavy atom. The van der Waals surface area contributed by atoms with Gasteiger partial charge in [0.15, 0.2) is 11.4 Å². The van der Waals surface area contributed by atoms with E-state index in [-0.39, 0.29) is 30.5 Å². The van der Waals surface area contributed by atoms with Crippen molar-refractivity contribution in [2.45, 2.75) is 6.42 Å². The molecule has 0 atom stereocenters. The molecule has 0 saturated heterocycles. The first-order chi connectivity index (χ1) is 9.06. The van der Waals surface area contributed by atoms with Crippen LogP contribution < -0.4 is 11.1 Å². The van der Waals surface area contributed by atoms with Gasteiger partial charge in [-0.05, 0) is 0 Å². The van der Waals surface area contributed by atoms with Crippen LogP contribution in [0.25, 0.3) is 11.1 Å². The fraction of sp³-hybridized carbons (Fsp3) is 0.364. The molecule has 2 aromatic heterocycles. The van der Waals surface area contributed by atoms with Gasteiger partial charge in [-0.15, -0.1) is 0 Å². The van der Waals surface area contributed by atoms with Crippen LogP contribution in [0.4, 0.5) is 5.82 Å². The molecule has 0 aliphatic heterocycles. The summed E-state index contributed by atoms with van der Waals surface area (Å²) >= 11 is 0. The van der Waals surface area contributed by atoms with E-state index in [1.54, 1.807) is 7.05 Å². The standard InChI is InChI=1S/C11H14N4O4/c1-15-6-5-7(11(17)18-2)19-9(6)10(14-15)13-8(16)3-4-12/h5H,3-4,12H2,1-2H3,(H,13,14,16). The van der Waals surface area contributed by atoms with Gasteiger partial charge in [0, 0.05) is 26.1 Å². The maximum atomic E-state index is 11.5. The molecule has 2 rings (SSSR count). The quantitative estimate of drug-likeness (QED) is 0.766. The van der Waals surface area contributed by atoms with E-state index in [2.05, 4.69) is 15.2 Å². The molecule has 0 radical (unpaired) electrons. The van der Waals surface area contributed by atoms with Gasteiger partial charge in [0.1, 0.15) is 5.52 Å². The van der Waals surface area contributed by atoms with E-state index in [1.165, 1.54) is 17.9 Å². The molecule has 0 fully saturated rings. The Morgan fingerprint density at radius 2 is 2.32 bits per heavy atom. The summed E-state index contributed by atoms with van der Waals surface area (Å²) in [5.74, 6) is -0.542. The van der Waals surface area contributed by atoms with Crippen LogP contribution in [0.15, 0.2) is 10.5 Å². The maximum absolute atomic E-state index is 11.5. The largest absolute Gasteiger partial charge is 0.463 e. The van der Waals surface area contributed by atoms with E-state index in [4.69, 9.17) is 10.2 Å². The molecule has 8 heteroatoms. The second-order valence-electron chi connectivity index (χ2n) is 3.88. The minimum absolute atomic E-state index is 0.0554. The first kappa shape index (κ1) is 13.1. The zero-order valence-electron chi connectivity index (χ0n) is 10.6. The van der Waals surface area contributed by atoms with Crippen molar-refractivity contribution in [1.29, 1.82) is 0 Å². The number of carbonyl (C=O) groups excluding carboxylic acids is 2. The highest BCUT2D eigenvalue weighted by molar-refractivity contribution is 6.00. The number of nitrogens with zero attached hydrogens (tertiary/aromatic N) is 2. The Hall–Kier alpha value is -2.35. The van der Waals surface area contributed by atoms with Crippen molar-refractivity contribution in [1.82, 2.24) is 9.78 Å². The van der Waals surface area contributed by atoms with Crippen LogP contribution in [-0.2, 0) is 16.6 Å². The number of ether oxygens (including phenoxy) is 1. The SMILES string of the molecule is COC(=O)c1cc2c(o1)c(NC(=O)CCN)nn2C. The highest BCUT2D eigenvalue weighted by Crippen LogP contribution is 2.26. The number of amides is 1. The van der Waals surface area contributed by atoms with Crippen molar-refractivity contribution in [3.05, 3.63) is 11.8 Å². The predicted octanol–water partition coefficient (Wildman–Crippen LogP) is 0.240. The van der Waals surface area contributed by atoms with E-state index in [0.717, 1.165) is 0 Å². The van der Waals surface area contributed by atoms with Crippen molar-refractivity contribution in [2.75, 3.05) is 19.0 Å². The van der Waals surface area contributed by atoms with Gasteiger partial charge in [0.2, 0.25) is 11.7 Å².